The molecule has 5 nitrogen and oxygen atoms in total. The molecule has 1 amide bonds. The van der Waals surface area contributed by atoms with Gasteiger partial charge in [0.05, 0.1) is 13.2 Å². The van der Waals surface area contributed by atoms with E-state index >= 15 is 0 Å². The number of hydrogen-bond acceptors (Lipinski definition) is 6. The van der Waals surface area contributed by atoms with Crippen molar-refractivity contribution in [2.45, 2.75) is 31.2 Å². The van der Waals surface area contributed by atoms with Crippen LogP contribution in [0.25, 0.3) is 0 Å². The average molecular weight is 342 g/mol. The van der Waals surface area contributed by atoms with Crippen molar-refractivity contribution in [3.05, 3.63) is 24.4 Å². The fraction of sp³-hybridized carbons (Fsp3) is 0.533. The first-order valence-electron chi connectivity index (χ1n) is 7.29. The molecule has 1 N–H and O–H groups in total. The van der Waals surface area contributed by atoms with E-state index in [1.165, 1.54) is 0 Å². The normalized spacial score (nSPS) is 10.4. The minimum absolute atomic E-state index is 0.0161. The second-order valence-corrected chi connectivity index (χ2v) is 6.86. The predicted molar refractivity (Wildman–Crippen MR) is 90.9 cm³/mol. The lowest BCUT2D eigenvalue weighted by Crippen LogP contribution is -2.27. The van der Waals surface area contributed by atoms with Crippen LogP contribution < -0.4 is 5.32 Å². The molecule has 22 heavy (non-hydrogen) atoms. The molecule has 7 heteroatoms. The number of aromatic nitrogens is 1. The smallest absolute Gasteiger partial charge is 0.220 e. The quantitative estimate of drug-likeness (QED) is 0.465. The largest absolute Gasteiger partial charge is 0.379 e. The Bertz CT molecular complexity index is 444. The standard InChI is InChI=1S/C15H22N2O3S2/c1-2-13(18)6-10-20-11-9-16-14(19)7-12-21-22-15-5-3-4-8-17-15/h3-5,8H,2,6-7,9-12H2,1H3,(H,16,19). The SMILES string of the molecule is CCC(=O)CCOCCNC(=O)CCSSc1ccccn1. The lowest BCUT2D eigenvalue weighted by Gasteiger charge is -2.06. The van der Waals surface area contributed by atoms with Gasteiger partial charge in [-0.15, -0.1) is 0 Å². The summed E-state index contributed by atoms with van der Waals surface area (Å²) in [5.41, 5.74) is 0. The Labute approximate surface area is 139 Å². The number of nitrogens with zero attached hydrogens (tertiary/aromatic N) is 1. The lowest BCUT2D eigenvalue weighted by atomic mass is 10.2. The Morgan fingerprint density at radius 1 is 1.27 bits per heavy atom. The van der Waals surface area contributed by atoms with Crippen molar-refractivity contribution in [1.29, 1.82) is 0 Å². The summed E-state index contributed by atoms with van der Waals surface area (Å²) in [6.07, 6.45) is 3.22. The third-order valence-electron chi connectivity index (χ3n) is 2.68. The molecule has 1 aromatic rings. The van der Waals surface area contributed by atoms with Crippen molar-refractivity contribution in [2.24, 2.45) is 0 Å². The molecule has 0 radical (unpaired) electrons. The van der Waals surface area contributed by atoms with E-state index in [1.54, 1.807) is 27.8 Å². The fourth-order valence-corrected chi connectivity index (χ4v) is 3.32. The zero-order valence-corrected chi connectivity index (χ0v) is 14.4. The lowest BCUT2D eigenvalue weighted by molar-refractivity contribution is -0.122. The van der Waals surface area contributed by atoms with E-state index in [0.717, 1.165) is 10.8 Å². The third kappa shape index (κ3) is 9.81. The first-order chi connectivity index (χ1) is 10.7. The Morgan fingerprint density at radius 2 is 2.14 bits per heavy atom. The van der Waals surface area contributed by atoms with Gasteiger partial charge in [0.2, 0.25) is 5.91 Å². The maximum Gasteiger partial charge on any atom is 0.220 e. The van der Waals surface area contributed by atoms with E-state index in [1.807, 2.05) is 25.1 Å². The molecule has 1 rings (SSSR count). The Balaban J connectivity index is 1.92. The summed E-state index contributed by atoms with van der Waals surface area (Å²) in [4.78, 5) is 26.8. The second-order valence-electron chi connectivity index (χ2n) is 4.43. The molecule has 0 atom stereocenters. The van der Waals surface area contributed by atoms with Crippen LogP contribution in [0, 0.1) is 0 Å². The van der Waals surface area contributed by atoms with Crippen molar-refractivity contribution >= 4 is 33.3 Å². The summed E-state index contributed by atoms with van der Waals surface area (Å²) in [7, 11) is 3.18. The van der Waals surface area contributed by atoms with Crippen molar-refractivity contribution in [3.8, 4) is 0 Å². The minimum atomic E-state index is 0.0161. The summed E-state index contributed by atoms with van der Waals surface area (Å²) < 4.78 is 5.29. The molecule has 0 aromatic carbocycles. The van der Waals surface area contributed by atoms with Gasteiger partial charge in [-0.1, -0.05) is 23.8 Å². The number of nitrogens with one attached hydrogen (secondary N) is 1. The van der Waals surface area contributed by atoms with Gasteiger partial charge in [-0.25, -0.2) is 4.98 Å². The molecule has 0 spiro atoms. The number of ketones is 1. The molecule has 1 aromatic heterocycles. The van der Waals surface area contributed by atoms with Gasteiger partial charge in [0.15, 0.2) is 0 Å². The van der Waals surface area contributed by atoms with Crippen molar-refractivity contribution in [1.82, 2.24) is 10.3 Å². The van der Waals surface area contributed by atoms with Crippen LogP contribution in [0.5, 0.6) is 0 Å². The number of ether oxygens (including phenoxy) is 1. The molecule has 0 saturated heterocycles. The molecule has 0 fully saturated rings. The fourth-order valence-electron chi connectivity index (χ4n) is 1.45. The van der Waals surface area contributed by atoms with E-state index in [0.29, 0.717) is 39.0 Å². The van der Waals surface area contributed by atoms with E-state index in [-0.39, 0.29) is 11.7 Å². The first kappa shape index (κ1) is 19.0. The molecule has 0 saturated carbocycles. The maximum atomic E-state index is 11.6. The average Bonchev–Trinajstić information content (AvgIpc) is 2.55. The molecule has 122 valence electrons. The number of carbonyl (C=O) groups is 2. The number of rotatable bonds is 12. The number of amides is 1. The highest BCUT2D eigenvalue weighted by atomic mass is 33.1. The van der Waals surface area contributed by atoms with E-state index < -0.39 is 0 Å². The molecule has 0 aliphatic carbocycles. The van der Waals surface area contributed by atoms with Crippen LogP contribution in [0.3, 0.4) is 0 Å². The summed E-state index contributed by atoms with van der Waals surface area (Å²) in [5, 5.41) is 3.74. The van der Waals surface area contributed by atoms with Crippen molar-refractivity contribution in [2.75, 3.05) is 25.5 Å². The Morgan fingerprint density at radius 3 is 2.86 bits per heavy atom. The first-order valence-corrected chi connectivity index (χ1v) is 9.61. The topological polar surface area (TPSA) is 68.3 Å². The summed E-state index contributed by atoms with van der Waals surface area (Å²) in [6.45, 7) is 3.20. The minimum Gasteiger partial charge on any atom is -0.379 e. The maximum absolute atomic E-state index is 11.6. The van der Waals surface area contributed by atoms with Gasteiger partial charge in [0.1, 0.15) is 10.8 Å². The van der Waals surface area contributed by atoms with Crippen LogP contribution >= 0.6 is 21.6 Å². The van der Waals surface area contributed by atoms with Gasteiger partial charge in [-0.2, -0.15) is 0 Å². The number of Topliss-reactive ketones (excluding diaryl/α,β-unsaturated/α-hetero) is 1. The summed E-state index contributed by atoms with van der Waals surface area (Å²) >= 11 is 0. The van der Waals surface area contributed by atoms with Crippen LogP contribution in [0.1, 0.15) is 26.2 Å². The van der Waals surface area contributed by atoms with Crippen molar-refractivity contribution in [3.63, 3.8) is 0 Å². The molecule has 0 aliphatic heterocycles. The van der Waals surface area contributed by atoms with E-state index in [9.17, 15) is 9.59 Å². The number of pyridine rings is 1. The highest BCUT2D eigenvalue weighted by Crippen LogP contribution is 2.29. The van der Waals surface area contributed by atoms with Crippen LogP contribution in [0.15, 0.2) is 29.4 Å². The second kappa shape index (κ2) is 12.5. The van der Waals surface area contributed by atoms with Gasteiger partial charge in [0, 0.05) is 37.8 Å². The highest BCUT2D eigenvalue weighted by Gasteiger charge is 2.02. The zero-order chi connectivity index (χ0) is 16.0. The van der Waals surface area contributed by atoms with Gasteiger partial charge >= 0.3 is 0 Å². The molecular formula is C15H22N2O3S2. The molecular weight excluding hydrogens is 320 g/mol. The molecule has 1 heterocycles. The van der Waals surface area contributed by atoms with Gasteiger partial charge < -0.3 is 10.1 Å². The van der Waals surface area contributed by atoms with E-state index in [4.69, 9.17) is 4.74 Å². The van der Waals surface area contributed by atoms with Gasteiger partial charge in [-0.05, 0) is 22.9 Å². The molecule has 0 bridgehead atoms. The van der Waals surface area contributed by atoms with Crippen LogP contribution in [0.4, 0.5) is 0 Å². The molecule has 0 aliphatic rings. The molecule has 0 unspecified atom stereocenters. The van der Waals surface area contributed by atoms with Crippen LogP contribution in [0.2, 0.25) is 0 Å². The summed E-state index contributed by atoms with van der Waals surface area (Å²) in [5.74, 6) is 0.952. The summed E-state index contributed by atoms with van der Waals surface area (Å²) in [6, 6.07) is 5.76. The van der Waals surface area contributed by atoms with Gasteiger partial charge in [-0.3, -0.25) is 9.59 Å². The zero-order valence-electron chi connectivity index (χ0n) is 12.7. The van der Waals surface area contributed by atoms with Crippen LogP contribution in [-0.4, -0.2) is 42.2 Å². The number of hydrogen-bond donors (Lipinski definition) is 1. The van der Waals surface area contributed by atoms with Crippen molar-refractivity contribution < 1.29 is 14.3 Å². The van der Waals surface area contributed by atoms with Crippen LogP contribution in [-0.2, 0) is 14.3 Å². The Kier molecular flexibility index (Phi) is 10.8. The van der Waals surface area contributed by atoms with E-state index in [2.05, 4.69) is 10.3 Å². The predicted octanol–water partition coefficient (Wildman–Crippen LogP) is 2.71. The monoisotopic (exact) mass is 342 g/mol. The highest BCUT2D eigenvalue weighted by molar-refractivity contribution is 8.76. The number of carbonyl (C=O) groups excluding carboxylic acids is 2. The van der Waals surface area contributed by atoms with Gasteiger partial charge in [0.25, 0.3) is 0 Å². The third-order valence-corrected chi connectivity index (χ3v) is 4.95. The Hall–Kier alpha value is -1.05.